The van der Waals surface area contributed by atoms with Gasteiger partial charge in [-0.2, -0.15) is 0 Å². The number of hydrogen-bond acceptors (Lipinski definition) is 3. The minimum absolute atomic E-state index is 0.749. The third kappa shape index (κ3) is 3.15. The maximum absolute atomic E-state index is 5.01. The van der Waals surface area contributed by atoms with Crippen LogP contribution in [-0.2, 0) is 0 Å². The molecule has 3 aromatic heterocycles. The second-order valence-corrected chi connectivity index (χ2v) is 9.44. The first-order valence-corrected chi connectivity index (χ1v) is 12.6. The average molecular weight is 488 g/mol. The van der Waals surface area contributed by atoms with Crippen LogP contribution in [0.1, 0.15) is 0 Å². The van der Waals surface area contributed by atoms with Crippen LogP contribution in [0.3, 0.4) is 0 Å². The first kappa shape index (κ1) is 20.9. The van der Waals surface area contributed by atoms with Crippen molar-refractivity contribution in [2.75, 3.05) is 0 Å². The van der Waals surface area contributed by atoms with E-state index in [0.29, 0.717) is 0 Å². The highest BCUT2D eigenvalue weighted by Gasteiger charge is 2.19. The highest BCUT2D eigenvalue weighted by atomic mass is 15.2. The van der Waals surface area contributed by atoms with Crippen LogP contribution in [0.15, 0.2) is 128 Å². The molecule has 0 radical (unpaired) electrons. The van der Waals surface area contributed by atoms with Crippen LogP contribution in [-0.4, -0.2) is 23.9 Å². The van der Waals surface area contributed by atoms with Gasteiger partial charge in [0.05, 0.1) is 39.3 Å². The van der Waals surface area contributed by atoms with Gasteiger partial charge >= 0.3 is 0 Å². The normalized spacial score (nSPS) is 11.7. The lowest BCUT2D eigenvalue weighted by atomic mass is 10.00. The monoisotopic (exact) mass is 487 g/mol. The van der Waals surface area contributed by atoms with Crippen LogP contribution in [0, 0.1) is 0 Å². The van der Waals surface area contributed by atoms with Crippen LogP contribution in [0.25, 0.3) is 66.9 Å². The molecule has 3 heterocycles. The SMILES string of the molecule is c1ccc(-c2ccc(-c3ccc4c(c3)n3c5ccccc5nc3n4-c3cnc4ccccc4n3)cc2)cc1. The second-order valence-electron chi connectivity index (χ2n) is 9.44. The van der Waals surface area contributed by atoms with E-state index >= 15 is 0 Å². The molecule has 178 valence electrons. The van der Waals surface area contributed by atoms with Gasteiger partial charge in [-0.05, 0) is 58.7 Å². The third-order valence-electron chi connectivity index (χ3n) is 7.19. The molecule has 5 heteroatoms. The lowest BCUT2D eigenvalue weighted by Crippen LogP contribution is -2.00. The van der Waals surface area contributed by atoms with Gasteiger partial charge in [0.1, 0.15) is 0 Å². The molecule has 5 aromatic carbocycles. The molecule has 5 nitrogen and oxygen atoms in total. The summed E-state index contributed by atoms with van der Waals surface area (Å²) in [6.45, 7) is 0. The molecule has 8 aromatic rings. The van der Waals surface area contributed by atoms with Crippen molar-refractivity contribution in [3.05, 3.63) is 128 Å². The highest BCUT2D eigenvalue weighted by Crippen LogP contribution is 2.33. The molecule has 0 aliphatic carbocycles. The predicted molar refractivity (Wildman–Crippen MR) is 153 cm³/mol. The van der Waals surface area contributed by atoms with E-state index in [0.717, 1.165) is 50.3 Å². The van der Waals surface area contributed by atoms with Crippen molar-refractivity contribution in [3.8, 4) is 28.1 Å². The molecule has 0 saturated heterocycles. The fraction of sp³-hybridized carbons (Fsp3) is 0. The Bertz CT molecular complexity index is 2120. The molecule has 0 atom stereocenters. The van der Waals surface area contributed by atoms with Gasteiger partial charge in [-0.25, -0.2) is 9.97 Å². The van der Waals surface area contributed by atoms with Crippen LogP contribution < -0.4 is 0 Å². The Morgan fingerprint density at radius 3 is 1.89 bits per heavy atom. The standard InChI is InChI=1S/C33H21N5/c1-2-8-22(9-3-1)23-14-16-24(17-15-23)25-18-19-30-31(20-25)37-29-13-7-6-12-28(29)36-33(37)38(30)32-21-34-26-10-4-5-11-27(26)35-32/h1-21H. The predicted octanol–water partition coefficient (Wildman–Crippen LogP) is 7.71. The summed E-state index contributed by atoms with van der Waals surface area (Å²) in [5.74, 6) is 1.57. The smallest absolute Gasteiger partial charge is 0.221 e. The van der Waals surface area contributed by atoms with Crippen molar-refractivity contribution >= 4 is 38.9 Å². The Morgan fingerprint density at radius 1 is 0.447 bits per heavy atom. The Morgan fingerprint density at radius 2 is 1.08 bits per heavy atom. The summed E-state index contributed by atoms with van der Waals surface area (Å²) in [5, 5.41) is 0. The summed E-state index contributed by atoms with van der Waals surface area (Å²) in [7, 11) is 0. The largest absolute Gasteiger partial charge is 0.276 e. The first-order valence-electron chi connectivity index (χ1n) is 12.6. The summed E-state index contributed by atoms with van der Waals surface area (Å²) in [5.41, 5.74) is 10.6. The number of hydrogen-bond donors (Lipinski definition) is 0. The molecule has 0 aliphatic heterocycles. The molecule has 0 N–H and O–H groups in total. The maximum Gasteiger partial charge on any atom is 0.221 e. The molecule has 38 heavy (non-hydrogen) atoms. The number of nitrogens with zero attached hydrogens (tertiary/aromatic N) is 5. The number of para-hydroxylation sites is 4. The van der Waals surface area contributed by atoms with Crippen molar-refractivity contribution in [2.24, 2.45) is 0 Å². The van der Waals surface area contributed by atoms with E-state index in [9.17, 15) is 0 Å². The van der Waals surface area contributed by atoms with Gasteiger partial charge in [0, 0.05) is 0 Å². The number of benzene rings is 5. The first-order chi connectivity index (χ1) is 18.8. The van der Waals surface area contributed by atoms with Gasteiger partial charge in [0.25, 0.3) is 0 Å². The van der Waals surface area contributed by atoms with E-state index in [1.54, 1.807) is 0 Å². The summed E-state index contributed by atoms with van der Waals surface area (Å²) in [6, 6.07) is 42.0. The van der Waals surface area contributed by atoms with Crippen LogP contribution in [0.5, 0.6) is 0 Å². The highest BCUT2D eigenvalue weighted by molar-refractivity contribution is 5.94. The van der Waals surface area contributed by atoms with Gasteiger partial charge < -0.3 is 0 Å². The van der Waals surface area contributed by atoms with Crippen molar-refractivity contribution < 1.29 is 0 Å². The van der Waals surface area contributed by atoms with Gasteiger partial charge in [0.2, 0.25) is 5.78 Å². The Hall–Kier alpha value is -5.29. The lowest BCUT2D eigenvalue weighted by molar-refractivity contribution is 1.04. The van der Waals surface area contributed by atoms with E-state index in [1.807, 2.05) is 42.6 Å². The van der Waals surface area contributed by atoms with E-state index in [2.05, 4.69) is 98.9 Å². The Balaban J connectivity index is 1.35. The molecular formula is C33H21N5. The third-order valence-corrected chi connectivity index (χ3v) is 7.19. The van der Waals surface area contributed by atoms with Crippen molar-refractivity contribution in [1.29, 1.82) is 0 Å². The summed E-state index contributed by atoms with van der Waals surface area (Å²) < 4.78 is 4.33. The van der Waals surface area contributed by atoms with Crippen molar-refractivity contribution in [2.45, 2.75) is 0 Å². The molecule has 0 fully saturated rings. The van der Waals surface area contributed by atoms with Crippen LogP contribution >= 0.6 is 0 Å². The fourth-order valence-electron chi connectivity index (χ4n) is 5.35. The number of fused-ring (bicyclic) bond motifs is 6. The molecule has 0 spiro atoms. The zero-order chi connectivity index (χ0) is 25.1. The number of aromatic nitrogens is 5. The van der Waals surface area contributed by atoms with Crippen LogP contribution in [0.2, 0.25) is 0 Å². The van der Waals surface area contributed by atoms with Gasteiger partial charge in [-0.1, -0.05) is 84.9 Å². The summed E-state index contributed by atoms with van der Waals surface area (Å²) in [4.78, 5) is 14.7. The van der Waals surface area contributed by atoms with Gasteiger partial charge in [-0.3, -0.25) is 14.0 Å². The molecule has 0 saturated carbocycles. The topological polar surface area (TPSA) is 48.0 Å². The van der Waals surface area contributed by atoms with E-state index in [-0.39, 0.29) is 0 Å². The van der Waals surface area contributed by atoms with Gasteiger partial charge in [-0.15, -0.1) is 0 Å². The fourth-order valence-corrected chi connectivity index (χ4v) is 5.35. The van der Waals surface area contributed by atoms with Crippen molar-refractivity contribution in [3.63, 3.8) is 0 Å². The minimum Gasteiger partial charge on any atom is -0.276 e. The van der Waals surface area contributed by atoms with Crippen molar-refractivity contribution in [1.82, 2.24) is 23.9 Å². The Kier molecular flexibility index (Phi) is 4.45. The quantitative estimate of drug-likeness (QED) is 0.256. The minimum atomic E-state index is 0.749. The molecule has 0 unspecified atom stereocenters. The molecule has 8 rings (SSSR count). The summed E-state index contributed by atoms with van der Waals surface area (Å²) in [6.07, 6.45) is 1.83. The molecule has 0 bridgehead atoms. The zero-order valence-corrected chi connectivity index (χ0v) is 20.4. The van der Waals surface area contributed by atoms with E-state index in [1.165, 1.54) is 16.7 Å². The maximum atomic E-state index is 5.01. The Labute approximate surface area is 218 Å². The summed E-state index contributed by atoms with van der Waals surface area (Å²) >= 11 is 0. The average Bonchev–Trinajstić information content (AvgIpc) is 3.52. The molecule has 0 aliphatic rings. The van der Waals surface area contributed by atoms with E-state index < -0.39 is 0 Å². The number of imidazole rings is 2. The number of rotatable bonds is 3. The molecular weight excluding hydrogens is 466 g/mol. The second kappa shape index (κ2) is 8.11. The lowest BCUT2D eigenvalue weighted by Gasteiger charge is -2.07. The van der Waals surface area contributed by atoms with Gasteiger partial charge in [0.15, 0.2) is 5.82 Å². The zero-order valence-electron chi connectivity index (χ0n) is 20.4. The molecule has 0 amide bonds. The van der Waals surface area contributed by atoms with Crippen LogP contribution in [0.4, 0.5) is 0 Å². The van der Waals surface area contributed by atoms with E-state index in [4.69, 9.17) is 9.97 Å².